The van der Waals surface area contributed by atoms with E-state index in [2.05, 4.69) is 17.2 Å². The van der Waals surface area contributed by atoms with Crippen molar-refractivity contribution in [3.63, 3.8) is 0 Å². The molecule has 1 aliphatic carbocycles. The summed E-state index contributed by atoms with van der Waals surface area (Å²) in [5, 5.41) is 5.76. The van der Waals surface area contributed by atoms with Crippen LogP contribution in [-0.4, -0.2) is 51.8 Å². The highest BCUT2D eigenvalue weighted by molar-refractivity contribution is 6.02. The van der Waals surface area contributed by atoms with Crippen LogP contribution in [0.25, 0.3) is 0 Å². The number of fused-ring (bicyclic) bond motifs is 2. The molecule has 5 rings (SSSR count). The van der Waals surface area contributed by atoms with Gasteiger partial charge >= 0.3 is 12.1 Å². The molecule has 4 amide bonds. The molecule has 0 bridgehead atoms. The summed E-state index contributed by atoms with van der Waals surface area (Å²) in [7, 11) is 0. The van der Waals surface area contributed by atoms with Gasteiger partial charge in [0.1, 0.15) is 5.60 Å². The van der Waals surface area contributed by atoms with Gasteiger partial charge < -0.3 is 25.2 Å². The number of ether oxygens (including phenoxy) is 1. The lowest BCUT2D eigenvalue weighted by molar-refractivity contribution is -0.124. The van der Waals surface area contributed by atoms with E-state index in [0.717, 1.165) is 34.2 Å². The number of amides is 4. The number of nitrogens with one attached hydrogen (secondary N) is 2. The van der Waals surface area contributed by atoms with Gasteiger partial charge in [-0.05, 0) is 80.5 Å². The lowest BCUT2D eigenvalue weighted by atomic mass is 9.90. The third kappa shape index (κ3) is 6.03. The second-order valence-electron chi connectivity index (χ2n) is 11.8. The van der Waals surface area contributed by atoms with Crippen molar-refractivity contribution in [3.8, 4) is 0 Å². The number of hydrogen-bond donors (Lipinski definition) is 2. The predicted molar refractivity (Wildman–Crippen MR) is 151 cm³/mol. The van der Waals surface area contributed by atoms with Gasteiger partial charge in [0, 0.05) is 43.9 Å². The molecule has 2 aromatic carbocycles. The van der Waals surface area contributed by atoms with Crippen LogP contribution in [0.3, 0.4) is 0 Å². The van der Waals surface area contributed by atoms with Crippen LogP contribution < -0.4 is 10.6 Å². The van der Waals surface area contributed by atoms with Gasteiger partial charge in [0.2, 0.25) is 0 Å². The van der Waals surface area contributed by atoms with Crippen molar-refractivity contribution in [2.75, 3.05) is 11.9 Å². The first-order valence-corrected chi connectivity index (χ1v) is 13.7. The van der Waals surface area contributed by atoms with Crippen LogP contribution in [0.1, 0.15) is 72.6 Å². The number of anilines is 1. The molecule has 40 heavy (non-hydrogen) atoms. The molecule has 1 atom stereocenters. The number of nitrogens with zero attached hydrogens (tertiary/aromatic N) is 2. The first-order valence-electron chi connectivity index (χ1n) is 13.7. The fourth-order valence-electron chi connectivity index (χ4n) is 5.51. The van der Waals surface area contributed by atoms with Crippen molar-refractivity contribution < 1.29 is 23.9 Å². The fraction of sp³-hybridized carbons (Fsp3) is 0.419. The zero-order chi connectivity index (χ0) is 28.6. The van der Waals surface area contributed by atoms with Crippen molar-refractivity contribution in [2.24, 2.45) is 0 Å². The summed E-state index contributed by atoms with van der Waals surface area (Å²) < 4.78 is 5.49. The standard InChI is InChI=1S/C31H36N4O5/c1-19-5-10-26(27(36)13-19)35-18-23-14-20(6-9-25(23)28(35)37)16-32-29(38)33-24-8-7-22-17-34(12-11-21(22)15-24)30(39)40-31(2,3)4/h6-9,14-15,26H,1,5,10-13,16-18H2,2-4H3,(H2,32,33,38). The zero-order valence-corrected chi connectivity index (χ0v) is 23.3. The number of urea groups is 1. The molecular formula is C31H36N4O5. The van der Waals surface area contributed by atoms with Crippen LogP contribution in [0.2, 0.25) is 0 Å². The maximum atomic E-state index is 13.0. The summed E-state index contributed by atoms with van der Waals surface area (Å²) >= 11 is 0. The summed E-state index contributed by atoms with van der Waals surface area (Å²) in [6.45, 7) is 11.2. The molecule has 0 radical (unpaired) electrons. The Kier molecular flexibility index (Phi) is 7.40. The summed E-state index contributed by atoms with van der Waals surface area (Å²) in [5.74, 6) is -0.0572. The Morgan fingerprint density at radius 3 is 2.58 bits per heavy atom. The second kappa shape index (κ2) is 10.8. The molecule has 2 N–H and O–H groups in total. The van der Waals surface area contributed by atoms with Gasteiger partial charge in [-0.15, -0.1) is 0 Å². The van der Waals surface area contributed by atoms with Crippen molar-refractivity contribution in [1.82, 2.24) is 15.1 Å². The predicted octanol–water partition coefficient (Wildman–Crippen LogP) is 4.94. The lowest BCUT2D eigenvalue weighted by Crippen LogP contribution is -2.43. The summed E-state index contributed by atoms with van der Waals surface area (Å²) in [6, 6.07) is 10.5. The van der Waals surface area contributed by atoms with Crippen molar-refractivity contribution in [2.45, 2.75) is 77.7 Å². The Labute approximate surface area is 234 Å². The minimum atomic E-state index is -0.540. The van der Waals surface area contributed by atoms with Crippen LogP contribution in [0.4, 0.5) is 15.3 Å². The van der Waals surface area contributed by atoms with E-state index in [1.807, 2.05) is 51.1 Å². The molecular weight excluding hydrogens is 508 g/mol. The van der Waals surface area contributed by atoms with Crippen LogP contribution in [0.15, 0.2) is 48.6 Å². The Morgan fingerprint density at radius 2 is 1.82 bits per heavy atom. The maximum absolute atomic E-state index is 13.0. The maximum Gasteiger partial charge on any atom is 0.410 e. The van der Waals surface area contributed by atoms with Crippen molar-refractivity contribution in [3.05, 3.63) is 76.4 Å². The second-order valence-corrected chi connectivity index (χ2v) is 11.8. The van der Waals surface area contributed by atoms with E-state index in [1.165, 1.54) is 0 Å². The molecule has 2 aromatic rings. The van der Waals surface area contributed by atoms with Crippen LogP contribution in [-0.2, 0) is 35.6 Å². The molecule has 9 nitrogen and oxygen atoms in total. The smallest absolute Gasteiger partial charge is 0.410 e. The molecule has 0 saturated heterocycles. The fourth-order valence-corrected chi connectivity index (χ4v) is 5.51. The average molecular weight is 545 g/mol. The molecule has 1 saturated carbocycles. The van der Waals surface area contributed by atoms with Gasteiger partial charge in [-0.25, -0.2) is 9.59 Å². The molecule has 2 heterocycles. The monoisotopic (exact) mass is 544 g/mol. The van der Waals surface area contributed by atoms with Crippen molar-refractivity contribution in [1.29, 1.82) is 0 Å². The number of benzene rings is 2. The molecule has 9 heteroatoms. The number of allylic oxidation sites excluding steroid dienone is 1. The molecule has 3 aliphatic rings. The highest BCUT2D eigenvalue weighted by atomic mass is 16.6. The molecule has 0 spiro atoms. The van der Waals surface area contributed by atoms with E-state index >= 15 is 0 Å². The SMILES string of the molecule is C=C1CCC(N2Cc3cc(CNC(=O)Nc4ccc5c(c4)CCN(C(=O)OC(C)(C)C)C5)ccc3C2=O)C(=O)C1. The molecule has 210 valence electrons. The van der Waals surface area contributed by atoms with E-state index in [0.29, 0.717) is 56.7 Å². The van der Waals surface area contributed by atoms with Crippen LogP contribution in [0, 0.1) is 0 Å². The van der Waals surface area contributed by atoms with Gasteiger partial charge in [-0.1, -0.05) is 30.4 Å². The largest absolute Gasteiger partial charge is 0.444 e. The van der Waals surface area contributed by atoms with Crippen LogP contribution >= 0.6 is 0 Å². The van der Waals surface area contributed by atoms with E-state index < -0.39 is 11.6 Å². The van der Waals surface area contributed by atoms with Gasteiger partial charge in [-0.2, -0.15) is 0 Å². The highest BCUT2D eigenvalue weighted by Crippen LogP contribution is 2.31. The third-order valence-corrected chi connectivity index (χ3v) is 7.53. The Balaban J connectivity index is 1.14. The zero-order valence-electron chi connectivity index (χ0n) is 23.3. The topological polar surface area (TPSA) is 108 Å². The van der Waals surface area contributed by atoms with E-state index in [4.69, 9.17) is 4.74 Å². The number of rotatable bonds is 4. The summed E-state index contributed by atoms with van der Waals surface area (Å²) in [5.41, 5.74) is 5.55. The van der Waals surface area contributed by atoms with Gasteiger partial charge in [0.05, 0.1) is 6.04 Å². The average Bonchev–Trinajstić information content (AvgIpc) is 3.21. The number of carbonyl (C=O) groups is 4. The third-order valence-electron chi connectivity index (χ3n) is 7.53. The van der Waals surface area contributed by atoms with Gasteiger partial charge in [0.15, 0.2) is 5.78 Å². The number of Topliss-reactive ketones (excluding diaryl/α,β-unsaturated/α-hetero) is 1. The summed E-state index contributed by atoms with van der Waals surface area (Å²) in [4.78, 5) is 53.9. The molecule has 0 aromatic heterocycles. The summed E-state index contributed by atoms with van der Waals surface area (Å²) in [6.07, 6.45) is 2.07. The van der Waals surface area contributed by atoms with E-state index in [1.54, 1.807) is 15.9 Å². The number of ketones is 1. The van der Waals surface area contributed by atoms with Gasteiger partial charge in [-0.3, -0.25) is 9.59 Å². The Bertz CT molecular complexity index is 1390. The minimum Gasteiger partial charge on any atom is -0.444 e. The number of carbonyl (C=O) groups excluding carboxylic acids is 4. The van der Waals surface area contributed by atoms with E-state index in [-0.39, 0.29) is 23.8 Å². The lowest BCUT2D eigenvalue weighted by Gasteiger charge is -2.31. The molecule has 1 fully saturated rings. The number of hydrogen-bond acceptors (Lipinski definition) is 5. The first-order chi connectivity index (χ1) is 19.0. The highest BCUT2D eigenvalue weighted by Gasteiger charge is 2.37. The normalized spacial score (nSPS) is 18.8. The quantitative estimate of drug-likeness (QED) is 0.531. The Hall–Kier alpha value is -4.14. The van der Waals surface area contributed by atoms with Gasteiger partial charge in [0.25, 0.3) is 5.91 Å². The molecule has 1 unspecified atom stereocenters. The first kappa shape index (κ1) is 27.4. The molecule has 2 aliphatic heterocycles. The van der Waals surface area contributed by atoms with E-state index in [9.17, 15) is 19.2 Å². The van der Waals surface area contributed by atoms with Crippen molar-refractivity contribution >= 4 is 29.5 Å². The minimum absolute atomic E-state index is 0.0542. The van der Waals surface area contributed by atoms with Crippen LogP contribution in [0.5, 0.6) is 0 Å². The Morgan fingerprint density at radius 1 is 1.02 bits per heavy atom.